The molecule has 0 aromatic heterocycles. The second-order valence-electron chi connectivity index (χ2n) is 5.91. The highest BCUT2D eigenvalue weighted by atomic mass is 16.5. The predicted octanol–water partition coefficient (Wildman–Crippen LogP) is 0.310. The minimum atomic E-state index is -0.221. The molecule has 24 heavy (non-hydrogen) atoms. The molecule has 0 unspecified atom stereocenters. The average molecular weight is 335 g/mol. The van der Waals surface area contributed by atoms with Crippen LogP contribution in [-0.2, 0) is 9.53 Å². The third-order valence-corrected chi connectivity index (χ3v) is 3.82. The molecule has 7 heteroatoms. The standard InChI is InChI=1S/C17H25N3O4/c1-12-4-5-14(15(8-12)23-7-3-6-18)17(22)19-9-13-10-20(2)16(21)11-24-13/h4-5,8,13H,3,6-7,9-11,18H2,1-2H3,(H,19,22)/t13-/m0/s1. The molecule has 132 valence electrons. The number of carbonyl (C=O) groups is 2. The number of nitrogens with one attached hydrogen (secondary N) is 1. The summed E-state index contributed by atoms with van der Waals surface area (Å²) in [4.78, 5) is 25.4. The van der Waals surface area contributed by atoms with Gasteiger partial charge in [0.15, 0.2) is 0 Å². The monoisotopic (exact) mass is 335 g/mol. The summed E-state index contributed by atoms with van der Waals surface area (Å²) in [7, 11) is 1.73. The highest BCUT2D eigenvalue weighted by Crippen LogP contribution is 2.20. The van der Waals surface area contributed by atoms with Crippen molar-refractivity contribution in [1.29, 1.82) is 0 Å². The second-order valence-corrected chi connectivity index (χ2v) is 5.91. The molecule has 1 aliphatic rings. The minimum absolute atomic E-state index is 0.0494. The first-order chi connectivity index (χ1) is 11.5. The molecule has 7 nitrogen and oxygen atoms in total. The van der Waals surface area contributed by atoms with Gasteiger partial charge < -0.3 is 25.4 Å². The molecule has 0 radical (unpaired) electrons. The second kappa shape index (κ2) is 8.65. The van der Waals surface area contributed by atoms with Crippen LogP contribution in [0.1, 0.15) is 22.3 Å². The zero-order valence-electron chi connectivity index (χ0n) is 14.2. The van der Waals surface area contributed by atoms with Gasteiger partial charge in [0.05, 0.1) is 18.3 Å². The van der Waals surface area contributed by atoms with E-state index in [1.54, 1.807) is 18.0 Å². The quantitative estimate of drug-likeness (QED) is 0.700. The topological polar surface area (TPSA) is 93.9 Å². The van der Waals surface area contributed by atoms with Crippen molar-refractivity contribution in [2.45, 2.75) is 19.4 Å². The Morgan fingerprint density at radius 2 is 2.29 bits per heavy atom. The van der Waals surface area contributed by atoms with Crippen molar-refractivity contribution in [3.8, 4) is 5.75 Å². The lowest BCUT2D eigenvalue weighted by molar-refractivity contribution is -0.146. The first-order valence-corrected chi connectivity index (χ1v) is 8.08. The lowest BCUT2D eigenvalue weighted by Gasteiger charge is -2.30. The molecule has 1 aliphatic heterocycles. The molecular weight excluding hydrogens is 310 g/mol. The molecule has 0 saturated carbocycles. The highest BCUT2D eigenvalue weighted by molar-refractivity contribution is 5.97. The number of morpholine rings is 1. The maximum absolute atomic E-state index is 12.4. The van der Waals surface area contributed by atoms with Crippen LogP contribution in [0.2, 0.25) is 0 Å². The van der Waals surface area contributed by atoms with E-state index in [1.807, 2.05) is 19.1 Å². The first-order valence-electron chi connectivity index (χ1n) is 8.08. The Hall–Kier alpha value is -2.12. The van der Waals surface area contributed by atoms with E-state index in [0.29, 0.717) is 37.6 Å². The van der Waals surface area contributed by atoms with Gasteiger partial charge in [-0.3, -0.25) is 9.59 Å². The molecule has 1 aromatic rings. The van der Waals surface area contributed by atoms with Crippen molar-refractivity contribution < 1.29 is 19.1 Å². The summed E-state index contributed by atoms with van der Waals surface area (Å²) >= 11 is 0. The Balaban J connectivity index is 1.95. The number of hydrogen-bond donors (Lipinski definition) is 2. The molecule has 1 fully saturated rings. The van der Waals surface area contributed by atoms with Gasteiger partial charge in [0.25, 0.3) is 5.91 Å². The number of rotatable bonds is 7. The van der Waals surface area contributed by atoms with Gasteiger partial charge in [-0.15, -0.1) is 0 Å². The Bertz CT molecular complexity index is 591. The van der Waals surface area contributed by atoms with Crippen LogP contribution in [0.4, 0.5) is 0 Å². The summed E-state index contributed by atoms with van der Waals surface area (Å²) in [6, 6.07) is 5.46. The maximum atomic E-state index is 12.4. The summed E-state index contributed by atoms with van der Waals surface area (Å²) in [6.45, 7) is 3.81. The summed E-state index contributed by atoms with van der Waals surface area (Å²) < 4.78 is 11.1. The van der Waals surface area contributed by atoms with Crippen LogP contribution in [-0.4, -0.2) is 62.7 Å². The van der Waals surface area contributed by atoms with Gasteiger partial charge in [-0.1, -0.05) is 6.07 Å². The third kappa shape index (κ3) is 4.94. The van der Waals surface area contributed by atoms with Gasteiger partial charge in [0, 0.05) is 20.1 Å². The normalized spacial score (nSPS) is 17.7. The van der Waals surface area contributed by atoms with Crippen LogP contribution in [0.5, 0.6) is 5.75 Å². The van der Waals surface area contributed by atoms with E-state index in [-0.39, 0.29) is 24.5 Å². The smallest absolute Gasteiger partial charge is 0.255 e. The van der Waals surface area contributed by atoms with Crippen molar-refractivity contribution >= 4 is 11.8 Å². The van der Waals surface area contributed by atoms with Crippen molar-refractivity contribution in [3.63, 3.8) is 0 Å². The van der Waals surface area contributed by atoms with E-state index in [1.165, 1.54) is 0 Å². The molecular formula is C17H25N3O4. The number of benzene rings is 1. The minimum Gasteiger partial charge on any atom is -0.493 e. The molecule has 2 amide bonds. The lowest BCUT2D eigenvalue weighted by atomic mass is 10.1. The fourth-order valence-electron chi connectivity index (χ4n) is 2.39. The SMILES string of the molecule is Cc1ccc(C(=O)NC[C@H]2CN(C)C(=O)CO2)c(OCCCN)c1. The number of nitrogens with two attached hydrogens (primary N) is 1. The number of carbonyl (C=O) groups excluding carboxylic acids is 2. The third-order valence-electron chi connectivity index (χ3n) is 3.82. The van der Waals surface area contributed by atoms with E-state index >= 15 is 0 Å². The number of hydrogen-bond acceptors (Lipinski definition) is 5. The fraction of sp³-hybridized carbons (Fsp3) is 0.529. The van der Waals surface area contributed by atoms with Crippen LogP contribution in [0.15, 0.2) is 18.2 Å². The van der Waals surface area contributed by atoms with E-state index < -0.39 is 0 Å². The van der Waals surface area contributed by atoms with Crippen LogP contribution in [0, 0.1) is 6.92 Å². The number of ether oxygens (including phenoxy) is 2. The van der Waals surface area contributed by atoms with Crippen LogP contribution in [0.3, 0.4) is 0 Å². The van der Waals surface area contributed by atoms with E-state index in [2.05, 4.69) is 5.32 Å². The number of nitrogens with zero attached hydrogens (tertiary/aromatic N) is 1. The molecule has 0 aliphatic carbocycles. The van der Waals surface area contributed by atoms with Gasteiger partial charge >= 0.3 is 0 Å². The van der Waals surface area contributed by atoms with Gasteiger partial charge in [-0.2, -0.15) is 0 Å². The molecule has 1 aromatic carbocycles. The van der Waals surface area contributed by atoms with Gasteiger partial charge in [0.1, 0.15) is 12.4 Å². The molecule has 1 heterocycles. The Labute approximate surface area is 142 Å². The average Bonchev–Trinajstić information content (AvgIpc) is 2.56. The number of likely N-dealkylation sites (N-methyl/N-ethyl adjacent to an activating group) is 1. The molecule has 0 bridgehead atoms. The van der Waals surface area contributed by atoms with Crippen molar-refractivity contribution in [2.24, 2.45) is 5.73 Å². The van der Waals surface area contributed by atoms with Crippen LogP contribution < -0.4 is 15.8 Å². The maximum Gasteiger partial charge on any atom is 0.255 e. The highest BCUT2D eigenvalue weighted by Gasteiger charge is 2.24. The molecule has 1 atom stereocenters. The predicted molar refractivity (Wildman–Crippen MR) is 90.1 cm³/mol. The zero-order chi connectivity index (χ0) is 17.5. The largest absolute Gasteiger partial charge is 0.493 e. The van der Waals surface area contributed by atoms with Crippen LogP contribution in [0.25, 0.3) is 0 Å². The Morgan fingerprint density at radius 3 is 3.00 bits per heavy atom. The van der Waals surface area contributed by atoms with Gasteiger partial charge in [0.2, 0.25) is 5.91 Å². The fourth-order valence-corrected chi connectivity index (χ4v) is 2.39. The van der Waals surface area contributed by atoms with E-state index in [4.69, 9.17) is 15.2 Å². The molecule has 0 spiro atoms. The van der Waals surface area contributed by atoms with E-state index in [9.17, 15) is 9.59 Å². The Kier molecular flexibility index (Phi) is 6.57. The summed E-state index contributed by atoms with van der Waals surface area (Å²) in [5.41, 5.74) is 6.97. The molecule has 3 N–H and O–H groups in total. The van der Waals surface area contributed by atoms with Gasteiger partial charge in [-0.05, 0) is 37.6 Å². The number of aryl methyl sites for hydroxylation is 1. The van der Waals surface area contributed by atoms with Crippen molar-refractivity contribution in [2.75, 3.05) is 39.9 Å². The van der Waals surface area contributed by atoms with E-state index in [0.717, 1.165) is 12.0 Å². The van der Waals surface area contributed by atoms with Gasteiger partial charge in [-0.25, -0.2) is 0 Å². The summed E-state index contributed by atoms with van der Waals surface area (Å²) in [5, 5.41) is 2.85. The first kappa shape index (κ1) is 18.2. The van der Waals surface area contributed by atoms with Crippen molar-refractivity contribution in [1.82, 2.24) is 10.2 Å². The summed E-state index contributed by atoms with van der Waals surface area (Å²) in [5.74, 6) is 0.283. The zero-order valence-corrected chi connectivity index (χ0v) is 14.2. The lowest BCUT2D eigenvalue weighted by Crippen LogP contribution is -2.48. The molecule has 2 rings (SSSR count). The Morgan fingerprint density at radius 1 is 1.50 bits per heavy atom. The van der Waals surface area contributed by atoms with Crippen molar-refractivity contribution in [3.05, 3.63) is 29.3 Å². The van der Waals surface area contributed by atoms with Crippen LogP contribution >= 0.6 is 0 Å². The number of amides is 2. The summed E-state index contributed by atoms with van der Waals surface area (Å²) in [6.07, 6.45) is 0.523. The molecule has 1 saturated heterocycles.